The Kier molecular flexibility index (Phi) is 4.02. The molecule has 0 aromatic heterocycles. The minimum absolute atomic E-state index is 0.352. The van der Waals surface area contributed by atoms with E-state index in [2.05, 4.69) is 13.8 Å². The standard InChI is InChI=1S/C10H20O2/c1-8(2)9-4-5-10(7-11-3)12-6-9/h8-10H,4-7H2,1-3H3. The highest BCUT2D eigenvalue weighted by Crippen LogP contribution is 2.24. The van der Waals surface area contributed by atoms with Crippen LogP contribution in [0.5, 0.6) is 0 Å². The molecule has 2 heteroatoms. The molecule has 1 aliphatic rings. The molecule has 0 spiro atoms. The first-order valence-electron chi connectivity index (χ1n) is 4.84. The largest absolute Gasteiger partial charge is 0.382 e. The van der Waals surface area contributed by atoms with E-state index in [1.165, 1.54) is 6.42 Å². The lowest BCUT2D eigenvalue weighted by Gasteiger charge is -2.30. The summed E-state index contributed by atoms with van der Waals surface area (Å²) < 4.78 is 10.7. The van der Waals surface area contributed by atoms with Crippen molar-refractivity contribution in [1.29, 1.82) is 0 Å². The van der Waals surface area contributed by atoms with E-state index >= 15 is 0 Å². The van der Waals surface area contributed by atoms with Gasteiger partial charge in [-0.05, 0) is 24.7 Å². The topological polar surface area (TPSA) is 18.5 Å². The molecule has 1 fully saturated rings. The van der Waals surface area contributed by atoms with Crippen LogP contribution in [0.3, 0.4) is 0 Å². The zero-order valence-electron chi connectivity index (χ0n) is 8.38. The zero-order valence-corrected chi connectivity index (χ0v) is 8.38. The van der Waals surface area contributed by atoms with Gasteiger partial charge in [-0.15, -0.1) is 0 Å². The normalized spacial score (nSPS) is 31.0. The molecule has 1 heterocycles. The molecular formula is C10H20O2. The van der Waals surface area contributed by atoms with E-state index in [1.54, 1.807) is 7.11 Å². The highest BCUT2D eigenvalue weighted by Gasteiger charge is 2.23. The van der Waals surface area contributed by atoms with Crippen molar-refractivity contribution in [3.8, 4) is 0 Å². The van der Waals surface area contributed by atoms with Gasteiger partial charge in [0.2, 0.25) is 0 Å². The van der Waals surface area contributed by atoms with E-state index in [9.17, 15) is 0 Å². The Morgan fingerprint density at radius 2 is 2.17 bits per heavy atom. The number of ether oxygens (including phenoxy) is 2. The first-order valence-corrected chi connectivity index (χ1v) is 4.84. The summed E-state index contributed by atoms with van der Waals surface area (Å²) in [5, 5.41) is 0. The molecule has 2 nitrogen and oxygen atoms in total. The molecular weight excluding hydrogens is 152 g/mol. The third kappa shape index (κ3) is 2.76. The Morgan fingerprint density at radius 1 is 1.42 bits per heavy atom. The lowest BCUT2D eigenvalue weighted by atomic mass is 9.89. The average Bonchev–Trinajstić information content (AvgIpc) is 2.06. The first kappa shape index (κ1) is 10.0. The monoisotopic (exact) mass is 172 g/mol. The summed E-state index contributed by atoms with van der Waals surface area (Å²) in [5.41, 5.74) is 0. The van der Waals surface area contributed by atoms with Crippen molar-refractivity contribution in [3.05, 3.63) is 0 Å². The van der Waals surface area contributed by atoms with E-state index in [-0.39, 0.29) is 0 Å². The van der Waals surface area contributed by atoms with Crippen LogP contribution in [0.2, 0.25) is 0 Å². The molecule has 1 saturated heterocycles. The quantitative estimate of drug-likeness (QED) is 0.649. The van der Waals surface area contributed by atoms with Crippen LogP contribution in [-0.2, 0) is 9.47 Å². The highest BCUT2D eigenvalue weighted by molar-refractivity contribution is 4.71. The van der Waals surface area contributed by atoms with Crippen molar-refractivity contribution in [1.82, 2.24) is 0 Å². The number of methoxy groups -OCH3 is 1. The molecule has 0 radical (unpaired) electrons. The van der Waals surface area contributed by atoms with Gasteiger partial charge in [-0.1, -0.05) is 13.8 Å². The fourth-order valence-electron chi connectivity index (χ4n) is 1.67. The lowest BCUT2D eigenvalue weighted by molar-refractivity contribution is -0.0602. The third-order valence-electron chi connectivity index (χ3n) is 2.70. The molecule has 0 amide bonds. The summed E-state index contributed by atoms with van der Waals surface area (Å²) in [6.45, 7) is 6.21. The summed E-state index contributed by atoms with van der Waals surface area (Å²) in [4.78, 5) is 0. The predicted octanol–water partition coefficient (Wildman–Crippen LogP) is 2.08. The summed E-state index contributed by atoms with van der Waals surface area (Å²) >= 11 is 0. The molecule has 72 valence electrons. The van der Waals surface area contributed by atoms with Crippen LogP contribution in [0, 0.1) is 11.8 Å². The van der Waals surface area contributed by atoms with Gasteiger partial charge >= 0.3 is 0 Å². The molecule has 2 unspecified atom stereocenters. The molecule has 0 saturated carbocycles. The molecule has 0 aliphatic carbocycles. The van der Waals surface area contributed by atoms with Crippen LogP contribution in [0.1, 0.15) is 26.7 Å². The summed E-state index contributed by atoms with van der Waals surface area (Å²) in [7, 11) is 1.73. The molecule has 1 aliphatic heterocycles. The second-order valence-electron chi connectivity index (χ2n) is 3.99. The van der Waals surface area contributed by atoms with Gasteiger partial charge in [0.1, 0.15) is 0 Å². The predicted molar refractivity (Wildman–Crippen MR) is 49.2 cm³/mol. The van der Waals surface area contributed by atoms with Crippen LogP contribution in [-0.4, -0.2) is 26.4 Å². The van der Waals surface area contributed by atoms with Crippen molar-refractivity contribution in [2.24, 2.45) is 11.8 Å². The molecule has 12 heavy (non-hydrogen) atoms. The van der Waals surface area contributed by atoms with Gasteiger partial charge in [0.25, 0.3) is 0 Å². The van der Waals surface area contributed by atoms with Gasteiger partial charge < -0.3 is 9.47 Å². The van der Waals surface area contributed by atoms with Crippen LogP contribution in [0.15, 0.2) is 0 Å². The zero-order chi connectivity index (χ0) is 8.97. The third-order valence-corrected chi connectivity index (χ3v) is 2.70. The summed E-state index contributed by atoms with van der Waals surface area (Å²) in [6.07, 6.45) is 2.81. The molecule has 2 atom stereocenters. The van der Waals surface area contributed by atoms with E-state index in [1.807, 2.05) is 0 Å². The lowest BCUT2D eigenvalue weighted by Crippen LogP contribution is -2.31. The van der Waals surface area contributed by atoms with Gasteiger partial charge in [0.05, 0.1) is 19.3 Å². The molecule has 0 N–H and O–H groups in total. The minimum Gasteiger partial charge on any atom is -0.382 e. The van der Waals surface area contributed by atoms with Gasteiger partial charge in [0.15, 0.2) is 0 Å². The van der Waals surface area contributed by atoms with Crippen molar-refractivity contribution >= 4 is 0 Å². The molecule has 0 aromatic carbocycles. The Balaban J connectivity index is 2.20. The van der Waals surface area contributed by atoms with Crippen LogP contribution >= 0.6 is 0 Å². The highest BCUT2D eigenvalue weighted by atomic mass is 16.5. The Hall–Kier alpha value is -0.0800. The van der Waals surface area contributed by atoms with Gasteiger partial charge in [-0.2, -0.15) is 0 Å². The van der Waals surface area contributed by atoms with Gasteiger partial charge in [-0.25, -0.2) is 0 Å². The summed E-state index contributed by atoms with van der Waals surface area (Å²) in [6, 6.07) is 0. The second-order valence-corrected chi connectivity index (χ2v) is 3.99. The minimum atomic E-state index is 0.352. The van der Waals surface area contributed by atoms with Crippen molar-refractivity contribution in [2.75, 3.05) is 20.3 Å². The van der Waals surface area contributed by atoms with Gasteiger partial charge in [0, 0.05) is 7.11 Å². The van der Waals surface area contributed by atoms with Gasteiger partial charge in [-0.3, -0.25) is 0 Å². The molecule has 0 bridgehead atoms. The van der Waals surface area contributed by atoms with E-state index in [0.717, 1.165) is 31.5 Å². The van der Waals surface area contributed by atoms with Crippen molar-refractivity contribution in [3.63, 3.8) is 0 Å². The van der Waals surface area contributed by atoms with Crippen molar-refractivity contribution < 1.29 is 9.47 Å². The fraction of sp³-hybridized carbons (Fsp3) is 1.00. The van der Waals surface area contributed by atoms with Crippen LogP contribution < -0.4 is 0 Å². The number of hydrogen-bond donors (Lipinski definition) is 0. The van der Waals surface area contributed by atoms with Crippen molar-refractivity contribution in [2.45, 2.75) is 32.8 Å². The molecule has 1 rings (SSSR count). The SMILES string of the molecule is COCC1CCC(C(C)C)CO1. The number of hydrogen-bond acceptors (Lipinski definition) is 2. The Bertz CT molecular complexity index is 115. The van der Waals surface area contributed by atoms with Crippen LogP contribution in [0.4, 0.5) is 0 Å². The maximum Gasteiger partial charge on any atom is 0.0808 e. The average molecular weight is 172 g/mol. The maximum atomic E-state index is 5.67. The number of rotatable bonds is 3. The van der Waals surface area contributed by atoms with E-state index in [4.69, 9.17) is 9.47 Å². The Labute approximate surface area is 75.2 Å². The first-order chi connectivity index (χ1) is 5.74. The Morgan fingerprint density at radius 3 is 2.58 bits per heavy atom. The summed E-state index contributed by atoms with van der Waals surface area (Å²) in [5.74, 6) is 1.52. The smallest absolute Gasteiger partial charge is 0.0808 e. The molecule has 0 aromatic rings. The van der Waals surface area contributed by atoms with Crippen LogP contribution in [0.25, 0.3) is 0 Å². The van der Waals surface area contributed by atoms with E-state index < -0.39 is 0 Å². The fourth-order valence-corrected chi connectivity index (χ4v) is 1.67. The maximum absolute atomic E-state index is 5.67. The second kappa shape index (κ2) is 4.83. The van der Waals surface area contributed by atoms with E-state index in [0.29, 0.717) is 6.10 Å².